The number of rotatable bonds is 8. The van der Waals surface area contributed by atoms with Crippen LogP contribution in [0.15, 0.2) is 0 Å². The van der Waals surface area contributed by atoms with Gasteiger partial charge < -0.3 is 38.4 Å². The van der Waals surface area contributed by atoms with Crippen LogP contribution in [0.1, 0.15) is 166 Å². The third-order valence-corrected chi connectivity index (χ3v) is 6.96. The topological polar surface area (TPSA) is 137 Å². The second-order valence-electron chi connectivity index (χ2n) is 21.5. The second kappa shape index (κ2) is 22.1. The van der Waals surface area contributed by atoms with Gasteiger partial charge in [-0.25, -0.2) is 0 Å². The quantitative estimate of drug-likeness (QED) is 0.174. The fourth-order valence-electron chi connectivity index (χ4n) is 2.21. The zero-order valence-electron chi connectivity index (χ0n) is 38.1. The molecule has 0 rings (SSSR count). The summed E-state index contributed by atoms with van der Waals surface area (Å²) in [5.74, 6) is -0.834. The van der Waals surface area contributed by atoms with E-state index in [0.717, 1.165) is 0 Å². The van der Waals surface area contributed by atoms with Crippen molar-refractivity contribution in [3.63, 3.8) is 0 Å². The first-order valence-corrected chi connectivity index (χ1v) is 17.9. The van der Waals surface area contributed by atoms with Crippen molar-refractivity contribution in [1.29, 1.82) is 0 Å². The van der Waals surface area contributed by atoms with E-state index in [1.807, 2.05) is 166 Å². The zero-order chi connectivity index (χ0) is 43.4. The maximum atomic E-state index is 11.4. The Labute approximate surface area is 359 Å². The third kappa shape index (κ3) is 30.2. The molecule has 8 nitrogen and oxygen atoms in total. The number of hydrogen-bond acceptors (Lipinski definition) is 8. The van der Waals surface area contributed by atoms with Gasteiger partial charge in [-0.1, -0.05) is 166 Å². The SMILES string of the molecule is CC(C)(C)C(=O)[CH-]C(=O)C(C)(C)C.CC(C)(C)C(=O)[CH-]C(=O)C(C)(C)C.CC(C)(C)C(=O)[CH-]C(=O)C(C)(C)C.CC(C)(C)C(=O)[CH-]C(=O)C(C)(C)C.[Ce+4]. The minimum absolute atomic E-state index is 0. The molecule has 0 heterocycles. The largest absolute Gasteiger partial charge is 4.00 e. The van der Waals surface area contributed by atoms with Crippen LogP contribution in [0.2, 0.25) is 0 Å². The Morgan fingerprint density at radius 2 is 0.264 bits per heavy atom. The van der Waals surface area contributed by atoms with Crippen molar-refractivity contribution in [3.8, 4) is 0 Å². The van der Waals surface area contributed by atoms with E-state index in [4.69, 9.17) is 0 Å². The Bertz CT molecular complexity index is 964. The van der Waals surface area contributed by atoms with Gasteiger partial charge in [-0.05, 0) is 43.3 Å². The molecule has 0 radical (unpaired) electrons. The van der Waals surface area contributed by atoms with Gasteiger partial charge in [-0.15, -0.1) is 0 Å². The summed E-state index contributed by atoms with van der Waals surface area (Å²) in [4.78, 5) is 91.6. The molecule has 0 saturated heterocycles. The Hall–Kier alpha value is -1.78. The standard InChI is InChI=1S/4C11H19O2.Ce/c4*1-10(2,3)8(12)7-9(13)11(4,5)6;/h4*7H,1-6H3;/q4*-1;+4. The van der Waals surface area contributed by atoms with Gasteiger partial charge in [0.25, 0.3) is 0 Å². The molecular formula is C44H76CeO8. The first kappa shape index (κ1) is 60.5. The van der Waals surface area contributed by atoms with Crippen LogP contribution in [0.25, 0.3) is 0 Å². The molecule has 0 atom stereocenters. The molecule has 0 saturated carbocycles. The van der Waals surface area contributed by atoms with Crippen LogP contribution >= 0.6 is 0 Å². The van der Waals surface area contributed by atoms with Gasteiger partial charge in [0.1, 0.15) is 0 Å². The summed E-state index contributed by atoms with van der Waals surface area (Å²) < 4.78 is 0. The van der Waals surface area contributed by atoms with E-state index >= 15 is 0 Å². The fraction of sp³-hybridized carbons (Fsp3) is 0.727. The average molecular weight is 873 g/mol. The molecule has 0 aromatic rings. The molecule has 0 N–H and O–H groups in total. The summed E-state index contributed by atoms with van der Waals surface area (Å²) in [7, 11) is 0. The molecule has 9 heteroatoms. The molecule has 0 aromatic carbocycles. The van der Waals surface area contributed by atoms with Gasteiger partial charge in [0.15, 0.2) is 0 Å². The summed E-state index contributed by atoms with van der Waals surface area (Å²) in [5.41, 5.74) is -3.66. The van der Waals surface area contributed by atoms with Gasteiger partial charge in [0, 0.05) is 46.3 Å². The maximum absolute atomic E-state index is 11.4. The molecule has 53 heavy (non-hydrogen) atoms. The number of ketones is 8. The van der Waals surface area contributed by atoms with Crippen molar-refractivity contribution in [2.75, 3.05) is 0 Å². The van der Waals surface area contributed by atoms with E-state index in [-0.39, 0.29) is 88.0 Å². The Morgan fingerprint density at radius 3 is 0.302 bits per heavy atom. The molecule has 0 amide bonds. The van der Waals surface area contributed by atoms with Crippen molar-refractivity contribution in [1.82, 2.24) is 0 Å². The van der Waals surface area contributed by atoms with E-state index in [0.29, 0.717) is 0 Å². The Kier molecular flexibility index (Phi) is 25.2. The summed E-state index contributed by atoms with van der Waals surface area (Å²) in [5, 5.41) is 0. The van der Waals surface area contributed by atoms with Gasteiger partial charge in [0.05, 0.1) is 0 Å². The second-order valence-corrected chi connectivity index (χ2v) is 21.5. The summed E-state index contributed by atoms with van der Waals surface area (Å²) >= 11 is 0. The van der Waals surface area contributed by atoms with E-state index in [1.54, 1.807) is 0 Å². The normalized spacial score (nSPS) is 12.2. The number of carbonyl (C=O) groups is 8. The third-order valence-electron chi connectivity index (χ3n) is 6.96. The average Bonchev–Trinajstić information content (AvgIpc) is 2.85. The number of carbonyl (C=O) groups excluding carboxylic acids is 8. The van der Waals surface area contributed by atoms with E-state index in [2.05, 4.69) is 0 Å². The van der Waals surface area contributed by atoms with Crippen molar-refractivity contribution in [3.05, 3.63) is 25.7 Å². The van der Waals surface area contributed by atoms with Crippen molar-refractivity contribution >= 4 is 46.3 Å². The Morgan fingerprint density at radius 1 is 0.208 bits per heavy atom. The number of hydrogen-bond donors (Lipinski definition) is 0. The van der Waals surface area contributed by atoms with Crippen molar-refractivity contribution in [2.24, 2.45) is 43.3 Å². The molecule has 0 aliphatic carbocycles. The van der Waals surface area contributed by atoms with Crippen LogP contribution < -0.4 is 0 Å². The molecule has 0 aliphatic rings. The van der Waals surface area contributed by atoms with E-state index in [1.165, 1.54) is 25.7 Å². The molecule has 0 fully saturated rings. The first-order valence-electron chi connectivity index (χ1n) is 17.9. The van der Waals surface area contributed by atoms with Crippen molar-refractivity contribution in [2.45, 2.75) is 166 Å². The van der Waals surface area contributed by atoms with Crippen LogP contribution in [-0.4, -0.2) is 46.3 Å². The van der Waals surface area contributed by atoms with Crippen LogP contribution in [0.3, 0.4) is 0 Å². The summed E-state index contributed by atoms with van der Waals surface area (Å²) in [6, 6.07) is 0. The molecule has 0 spiro atoms. The Balaban J connectivity index is -0.000000192. The molecule has 0 unspecified atom stereocenters. The monoisotopic (exact) mass is 872 g/mol. The molecule has 0 aliphatic heterocycles. The smallest absolute Gasteiger partial charge is 0.333 e. The minimum Gasteiger partial charge on any atom is -0.333 e. The fourth-order valence-corrected chi connectivity index (χ4v) is 2.21. The minimum atomic E-state index is -0.457. The van der Waals surface area contributed by atoms with E-state index in [9.17, 15) is 38.4 Å². The predicted octanol–water partition coefficient (Wildman–Crippen LogP) is 9.68. The predicted molar refractivity (Wildman–Crippen MR) is 213 cm³/mol. The maximum Gasteiger partial charge on any atom is 4.00 e. The number of Topliss-reactive ketones (excluding diaryl/α,β-unsaturated/α-hetero) is 8. The van der Waals surface area contributed by atoms with Crippen LogP contribution in [-0.2, 0) is 38.4 Å². The van der Waals surface area contributed by atoms with Crippen LogP contribution in [0, 0.1) is 111 Å². The molecule has 0 aromatic heterocycles. The van der Waals surface area contributed by atoms with Gasteiger partial charge in [0.2, 0.25) is 0 Å². The molecule has 0 bridgehead atoms. The van der Waals surface area contributed by atoms with Crippen LogP contribution in [0.4, 0.5) is 0 Å². The van der Waals surface area contributed by atoms with E-state index < -0.39 is 43.3 Å². The summed E-state index contributed by atoms with van der Waals surface area (Å²) in [6.07, 6.45) is 4.89. The van der Waals surface area contributed by atoms with Gasteiger partial charge in [-0.3, -0.25) is 25.7 Å². The molecule has 304 valence electrons. The molecular weight excluding hydrogens is 797 g/mol. The van der Waals surface area contributed by atoms with Gasteiger partial charge >= 0.3 is 41.7 Å². The van der Waals surface area contributed by atoms with Crippen molar-refractivity contribution < 1.29 is 80.1 Å². The zero-order valence-corrected chi connectivity index (χ0v) is 41.2. The van der Waals surface area contributed by atoms with Crippen LogP contribution in [0.5, 0.6) is 0 Å². The van der Waals surface area contributed by atoms with Gasteiger partial charge in [-0.2, -0.15) is 0 Å². The first-order chi connectivity index (χ1) is 22.2. The summed E-state index contributed by atoms with van der Waals surface area (Å²) in [6.45, 7) is 43.4.